The molecule has 3 aromatic carbocycles. The van der Waals surface area contributed by atoms with E-state index in [0.717, 1.165) is 33.5 Å². The average Bonchev–Trinajstić information content (AvgIpc) is 3.42. The molecule has 224 valence electrons. The van der Waals surface area contributed by atoms with E-state index in [9.17, 15) is 18.4 Å². The molecule has 0 aliphatic carbocycles. The lowest BCUT2D eigenvalue weighted by atomic mass is 9.94. The number of amides is 1. The summed E-state index contributed by atoms with van der Waals surface area (Å²) in [5, 5.41) is 2.88. The van der Waals surface area contributed by atoms with Crippen molar-refractivity contribution in [3.05, 3.63) is 124 Å². The first-order chi connectivity index (χ1) is 20.8. The highest BCUT2D eigenvalue weighted by atomic mass is 32.2. The van der Waals surface area contributed by atoms with E-state index in [1.165, 1.54) is 31.4 Å². The molecule has 1 atom stereocenters. The van der Waals surface area contributed by atoms with Crippen LogP contribution in [0.25, 0.3) is 11.6 Å². The molecule has 0 saturated carbocycles. The van der Waals surface area contributed by atoms with E-state index in [4.69, 9.17) is 4.74 Å². The molecular weight excluding hydrogens is 568 g/mol. The molecule has 4 rings (SSSR count). The highest BCUT2D eigenvalue weighted by molar-refractivity contribution is 7.98. The monoisotopic (exact) mass is 603 g/mol. The molecule has 0 unspecified atom stereocenters. The van der Waals surface area contributed by atoms with E-state index in [0.29, 0.717) is 37.0 Å². The Morgan fingerprint density at radius 2 is 1.72 bits per heavy atom. The van der Waals surface area contributed by atoms with Gasteiger partial charge in [-0.25, -0.2) is 18.6 Å². The number of rotatable bonds is 13. The van der Waals surface area contributed by atoms with Gasteiger partial charge in [-0.05, 0) is 89.4 Å². The van der Waals surface area contributed by atoms with Crippen molar-refractivity contribution in [3.63, 3.8) is 0 Å². The van der Waals surface area contributed by atoms with Crippen molar-refractivity contribution < 1.29 is 23.1 Å². The number of hydrogen-bond acceptors (Lipinski definition) is 5. The molecule has 0 spiro atoms. The van der Waals surface area contributed by atoms with Gasteiger partial charge in [-0.1, -0.05) is 42.5 Å². The van der Waals surface area contributed by atoms with Crippen molar-refractivity contribution in [3.8, 4) is 0 Å². The maximum atomic E-state index is 13.8. The summed E-state index contributed by atoms with van der Waals surface area (Å²) in [6.45, 7) is 0. The Bertz CT molecular complexity index is 1570. The third-order valence-electron chi connectivity index (χ3n) is 7.22. The minimum Gasteiger partial charge on any atom is -0.467 e. The van der Waals surface area contributed by atoms with Gasteiger partial charge in [0.05, 0.1) is 13.4 Å². The van der Waals surface area contributed by atoms with Crippen molar-refractivity contribution in [2.24, 2.45) is 7.05 Å². The first-order valence-electron chi connectivity index (χ1n) is 13.9. The highest BCUT2D eigenvalue weighted by Gasteiger charge is 2.23. The number of methoxy groups -OCH3 is 1. The minimum absolute atomic E-state index is 0.304. The number of benzene rings is 3. The molecule has 9 heteroatoms. The van der Waals surface area contributed by atoms with Crippen molar-refractivity contribution in [1.29, 1.82) is 0 Å². The van der Waals surface area contributed by atoms with Crippen LogP contribution in [-0.2, 0) is 35.8 Å². The van der Waals surface area contributed by atoms with Crippen LogP contribution in [0.3, 0.4) is 0 Å². The SMILES string of the molecule is COC(=O)[C@H](CCSC)NC(=O)c1cc(/C=C(\Cc2cncn2C)c2ccc(F)cc2)ccc1CCc1ccc(F)cc1. The quantitative estimate of drug-likeness (QED) is 0.144. The molecule has 0 aliphatic heterocycles. The highest BCUT2D eigenvalue weighted by Crippen LogP contribution is 2.25. The van der Waals surface area contributed by atoms with E-state index < -0.39 is 12.0 Å². The summed E-state index contributed by atoms with van der Waals surface area (Å²) >= 11 is 1.58. The predicted octanol–water partition coefficient (Wildman–Crippen LogP) is 6.29. The van der Waals surface area contributed by atoms with Crippen LogP contribution in [0.1, 0.15) is 44.7 Å². The summed E-state index contributed by atoms with van der Waals surface area (Å²) in [6.07, 6.45) is 9.53. The van der Waals surface area contributed by atoms with Crippen molar-refractivity contribution in [1.82, 2.24) is 14.9 Å². The van der Waals surface area contributed by atoms with Crippen LogP contribution in [0.2, 0.25) is 0 Å². The molecule has 43 heavy (non-hydrogen) atoms. The third-order valence-corrected chi connectivity index (χ3v) is 7.86. The zero-order chi connectivity index (χ0) is 30.8. The standard InChI is InChI=1S/C34H35F2N3O3S/c1-39-22-37-21-30(39)20-27(25-10-14-29(36)15-11-25)18-24-5-9-26(8-4-23-6-12-28(35)13-7-23)31(19-24)33(40)38-32(16-17-43-3)34(41)42-2/h5-7,9-15,18-19,21-22,32H,4,8,16-17,20H2,1-3H3,(H,38,40)/b27-18+/t32-/m0/s1. The number of aryl methyl sites for hydroxylation is 3. The Morgan fingerprint density at radius 1 is 1.02 bits per heavy atom. The summed E-state index contributed by atoms with van der Waals surface area (Å²) in [4.78, 5) is 30.4. The normalized spacial score (nSPS) is 12.2. The van der Waals surface area contributed by atoms with Gasteiger partial charge in [-0.3, -0.25) is 4.79 Å². The summed E-state index contributed by atoms with van der Waals surface area (Å²) in [7, 11) is 3.22. The largest absolute Gasteiger partial charge is 0.467 e. The Kier molecular flexibility index (Phi) is 11.3. The maximum Gasteiger partial charge on any atom is 0.328 e. The average molecular weight is 604 g/mol. The van der Waals surface area contributed by atoms with Gasteiger partial charge in [0.25, 0.3) is 5.91 Å². The number of esters is 1. The van der Waals surface area contributed by atoms with Gasteiger partial charge in [0.15, 0.2) is 0 Å². The Labute approximate surface area is 255 Å². The van der Waals surface area contributed by atoms with Gasteiger partial charge in [0.2, 0.25) is 0 Å². The molecule has 0 fully saturated rings. The predicted molar refractivity (Wildman–Crippen MR) is 168 cm³/mol. The lowest BCUT2D eigenvalue weighted by Crippen LogP contribution is -2.42. The molecule has 1 aromatic heterocycles. The maximum absolute atomic E-state index is 13.8. The van der Waals surface area contributed by atoms with Crippen LogP contribution < -0.4 is 5.32 Å². The fourth-order valence-electron chi connectivity index (χ4n) is 4.76. The fourth-order valence-corrected chi connectivity index (χ4v) is 5.23. The smallest absolute Gasteiger partial charge is 0.328 e. The molecule has 0 saturated heterocycles. The molecule has 4 aromatic rings. The van der Waals surface area contributed by atoms with Crippen molar-refractivity contribution in [2.45, 2.75) is 31.7 Å². The number of imidazole rings is 1. The number of ether oxygens (including phenoxy) is 1. The molecule has 1 amide bonds. The Balaban J connectivity index is 1.72. The number of nitrogens with zero attached hydrogens (tertiary/aromatic N) is 2. The number of hydrogen-bond donors (Lipinski definition) is 1. The first kappa shape index (κ1) is 31.7. The second kappa shape index (κ2) is 15.3. The zero-order valence-corrected chi connectivity index (χ0v) is 25.3. The van der Waals surface area contributed by atoms with E-state index in [1.807, 2.05) is 42.1 Å². The summed E-state index contributed by atoms with van der Waals surface area (Å²) in [6, 6.07) is 17.5. The lowest BCUT2D eigenvalue weighted by molar-refractivity contribution is -0.142. The summed E-state index contributed by atoms with van der Waals surface area (Å²) < 4.78 is 34.1. The number of aromatic nitrogens is 2. The zero-order valence-electron chi connectivity index (χ0n) is 24.5. The number of carbonyl (C=O) groups is 2. The third kappa shape index (κ3) is 8.88. The summed E-state index contributed by atoms with van der Waals surface area (Å²) in [5.41, 5.74) is 5.68. The second-order valence-electron chi connectivity index (χ2n) is 10.2. The van der Waals surface area contributed by atoms with Crippen molar-refractivity contribution >= 4 is 35.3 Å². The van der Waals surface area contributed by atoms with Crippen LogP contribution in [0, 0.1) is 11.6 Å². The number of allylic oxidation sites excluding steroid dienone is 1. The molecular formula is C34H35F2N3O3S. The second-order valence-corrected chi connectivity index (χ2v) is 11.2. The lowest BCUT2D eigenvalue weighted by Gasteiger charge is -2.18. The number of halogens is 2. The van der Waals surface area contributed by atoms with E-state index in [2.05, 4.69) is 10.3 Å². The minimum atomic E-state index is -0.784. The Morgan fingerprint density at radius 3 is 2.35 bits per heavy atom. The van der Waals surface area contributed by atoms with E-state index >= 15 is 0 Å². The molecule has 1 N–H and O–H groups in total. The van der Waals surface area contributed by atoms with Gasteiger partial charge < -0.3 is 14.6 Å². The van der Waals surface area contributed by atoms with E-state index in [1.54, 1.807) is 48.6 Å². The molecule has 6 nitrogen and oxygen atoms in total. The number of thioether (sulfide) groups is 1. The number of nitrogens with one attached hydrogen (secondary N) is 1. The van der Waals surface area contributed by atoms with Gasteiger partial charge in [-0.15, -0.1) is 0 Å². The number of carbonyl (C=O) groups excluding carboxylic acids is 2. The molecule has 0 radical (unpaired) electrons. The van der Waals surface area contributed by atoms with Crippen LogP contribution >= 0.6 is 11.8 Å². The van der Waals surface area contributed by atoms with E-state index in [-0.39, 0.29) is 17.5 Å². The molecule has 0 aliphatic rings. The van der Waals surface area contributed by atoms with Crippen LogP contribution in [0.15, 0.2) is 79.3 Å². The molecule has 0 bridgehead atoms. The molecule has 1 heterocycles. The topological polar surface area (TPSA) is 73.2 Å². The van der Waals surface area contributed by atoms with Gasteiger partial charge >= 0.3 is 5.97 Å². The van der Waals surface area contributed by atoms with Gasteiger partial charge in [-0.2, -0.15) is 11.8 Å². The van der Waals surface area contributed by atoms with Crippen molar-refractivity contribution in [2.75, 3.05) is 19.1 Å². The Hall–Kier alpha value is -4.24. The first-order valence-corrected chi connectivity index (χ1v) is 15.3. The fraction of sp³-hybridized carbons (Fsp3) is 0.265. The van der Waals surface area contributed by atoms with Gasteiger partial charge in [0.1, 0.15) is 17.7 Å². The van der Waals surface area contributed by atoms with Crippen LogP contribution in [0.5, 0.6) is 0 Å². The van der Waals surface area contributed by atoms with Gasteiger partial charge in [0, 0.05) is 30.9 Å². The van der Waals surface area contributed by atoms with Crippen LogP contribution in [0.4, 0.5) is 8.78 Å². The summed E-state index contributed by atoms with van der Waals surface area (Å²) in [5.74, 6) is -0.830. The van der Waals surface area contributed by atoms with Crippen LogP contribution in [-0.4, -0.2) is 46.6 Å².